The molecule has 0 spiro atoms. The van der Waals surface area contributed by atoms with E-state index in [4.69, 9.17) is 9.47 Å². The van der Waals surface area contributed by atoms with Gasteiger partial charge in [0.2, 0.25) is 0 Å². The maximum absolute atomic E-state index is 12.5. The van der Waals surface area contributed by atoms with Gasteiger partial charge in [0.15, 0.2) is 17.5 Å². The molecule has 0 bridgehead atoms. The molecule has 0 saturated heterocycles. The number of aliphatic carboxylic acids is 1. The average molecular weight is 337 g/mol. The lowest BCUT2D eigenvalue weighted by molar-refractivity contribution is -0.139. The molecule has 0 aliphatic carbocycles. The smallest absolute Gasteiger partial charge is 0.331 e. The molecule has 3 heterocycles. The minimum atomic E-state index is -1.19. The molecule has 23 heavy (non-hydrogen) atoms. The van der Waals surface area contributed by atoms with Crippen LogP contribution in [0.15, 0.2) is 5.38 Å². The van der Waals surface area contributed by atoms with Gasteiger partial charge in [-0.15, -0.1) is 11.3 Å². The molecule has 2 aromatic heterocycles. The largest absolute Gasteiger partial charge is 0.485 e. The molecule has 3 N–H and O–H groups in total. The number of rotatable bonds is 4. The molecular formula is C14H15N3O5S. The van der Waals surface area contributed by atoms with Crippen molar-refractivity contribution in [3.8, 4) is 11.5 Å². The molecule has 3 rings (SSSR count). The number of fused-ring (bicyclic) bond motifs is 1. The summed E-state index contributed by atoms with van der Waals surface area (Å²) in [4.78, 5) is 24.4. The normalized spacial score (nSPS) is 14.3. The van der Waals surface area contributed by atoms with E-state index in [1.165, 1.54) is 0 Å². The van der Waals surface area contributed by atoms with E-state index in [0.717, 1.165) is 11.3 Å². The second kappa shape index (κ2) is 5.92. The zero-order chi connectivity index (χ0) is 16.6. The molecule has 1 amide bonds. The number of carbonyl (C=O) groups is 2. The first-order valence-electron chi connectivity index (χ1n) is 6.91. The van der Waals surface area contributed by atoms with Gasteiger partial charge in [-0.3, -0.25) is 9.89 Å². The van der Waals surface area contributed by atoms with Crippen molar-refractivity contribution >= 4 is 23.2 Å². The van der Waals surface area contributed by atoms with E-state index < -0.39 is 17.9 Å². The number of ether oxygens (including phenoxy) is 2. The molecule has 9 heteroatoms. The summed E-state index contributed by atoms with van der Waals surface area (Å²) in [5, 5.41) is 20.4. The first kappa shape index (κ1) is 15.3. The third-order valence-electron chi connectivity index (χ3n) is 3.50. The van der Waals surface area contributed by atoms with Crippen molar-refractivity contribution in [1.82, 2.24) is 15.5 Å². The molecule has 0 aromatic carbocycles. The number of carboxylic acid groups (broad SMARTS) is 1. The van der Waals surface area contributed by atoms with Crippen molar-refractivity contribution in [3.05, 3.63) is 27.2 Å². The number of nitrogens with one attached hydrogen (secondary N) is 2. The monoisotopic (exact) mass is 337 g/mol. The zero-order valence-electron chi connectivity index (χ0n) is 12.5. The number of amides is 1. The van der Waals surface area contributed by atoms with Crippen molar-refractivity contribution in [1.29, 1.82) is 0 Å². The lowest BCUT2D eigenvalue weighted by atomic mass is 10.0. The number of aromatic amines is 1. The van der Waals surface area contributed by atoms with Gasteiger partial charge in [0.1, 0.15) is 18.1 Å². The molecule has 1 aliphatic rings. The van der Waals surface area contributed by atoms with Gasteiger partial charge in [0.05, 0.1) is 5.69 Å². The van der Waals surface area contributed by atoms with Crippen molar-refractivity contribution < 1.29 is 24.2 Å². The third kappa shape index (κ3) is 2.74. The molecule has 8 nitrogen and oxygen atoms in total. The second-order valence-electron chi connectivity index (χ2n) is 5.05. The van der Waals surface area contributed by atoms with Crippen LogP contribution in [0.25, 0.3) is 0 Å². The Morgan fingerprint density at radius 3 is 2.78 bits per heavy atom. The Morgan fingerprint density at radius 2 is 2.13 bits per heavy atom. The third-order valence-corrected chi connectivity index (χ3v) is 4.44. The van der Waals surface area contributed by atoms with Crippen LogP contribution >= 0.6 is 11.3 Å². The molecule has 2 aromatic rings. The molecular weight excluding hydrogens is 322 g/mol. The molecule has 1 atom stereocenters. The number of carboxylic acids is 1. The van der Waals surface area contributed by atoms with Crippen molar-refractivity contribution in [2.75, 3.05) is 13.2 Å². The number of nitrogens with zero attached hydrogens (tertiary/aromatic N) is 1. The van der Waals surface area contributed by atoms with Gasteiger partial charge in [0, 0.05) is 16.6 Å². The van der Waals surface area contributed by atoms with Crippen molar-refractivity contribution in [3.63, 3.8) is 0 Å². The Labute approximate surface area is 135 Å². The van der Waals surface area contributed by atoms with Crippen LogP contribution in [0.2, 0.25) is 0 Å². The number of carbonyl (C=O) groups excluding carboxylic acids is 1. The summed E-state index contributed by atoms with van der Waals surface area (Å²) in [7, 11) is 0. The SMILES string of the molecule is Cc1n[nH]c(C)c1[C@@H](NC(=O)c1scc2c1OCCO2)C(=O)O. The fourth-order valence-corrected chi connectivity index (χ4v) is 3.29. The molecule has 122 valence electrons. The van der Waals surface area contributed by atoms with E-state index in [0.29, 0.717) is 46.5 Å². The number of aromatic nitrogens is 2. The first-order chi connectivity index (χ1) is 11.0. The maximum atomic E-state index is 12.5. The lowest BCUT2D eigenvalue weighted by Gasteiger charge is -2.17. The van der Waals surface area contributed by atoms with Crippen LogP contribution in [0, 0.1) is 13.8 Å². The Hall–Kier alpha value is -2.55. The molecule has 0 radical (unpaired) electrons. The predicted molar refractivity (Wildman–Crippen MR) is 81.2 cm³/mol. The summed E-state index contributed by atoms with van der Waals surface area (Å²) < 4.78 is 10.8. The summed E-state index contributed by atoms with van der Waals surface area (Å²) in [6, 6.07) is -1.19. The number of thiophene rings is 1. The number of hydrogen-bond acceptors (Lipinski definition) is 6. The quantitative estimate of drug-likeness (QED) is 0.777. The molecule has 0 saturated carbocycles. The lowest BCUT2D eigenvalue weighted by Crippen LogP contribution is -2.34. The van der Waals surface area contributed by atoms with Crippen LogP contribution in [0.1, 0.15) is 32.7 Å². The minimum absolute atomic E-state index is 0.296. The summed E-state index contributed by atoms with van der Waals surface area (Å²) in [6.45, 7) is 4.18. The van der Waals surface area contributed by atoms with Crippen molar-refractivity contribution in [2.24, 2.45) is 0 Å². The van der Waals surface area contributed by atoms with Gasteiger partial charge in [0.25, 0.3) is 5.91 Å². The van der Waals surface area contributed by atoms with Gasteiger partial charge >= 0.3 is 5.97 Å². The van der Waals surface area contributed by atoms with Crippen molar-refractivity contribution in [2.45, 2.75) is 19.9 Å². The second-order valence-corrected chi connectivity index (χ2v) is 5.93. The van der Waals surface area contributed by atoms with Gasteiger partial charge in [-0.25, -0.2) is 4.79 Å². The van der Waals surface area contributed by atoms with E-state index in [1.807, 2.05) is 0 Å². The Morgan fingerprint density at radius 1 is 1.39 bits per heavy atom. The Bertz CT molecular complexity index is 747. The first-order valence-corrected chi connectivity index (χ1v) is 7.79. The number of aryl methyl sites for hydroxylation is 2. The van der Waals surface area contributed by atoms with Gasteiger partial charge in [-0.2, -0.15) is 5.10 Å². The van der Waals surface area contributed by atoms with E-state index in [9.17, 15) is 14.7 Å². The summed E-state index contributed by atoms with van der Waals surface area (Å²) in [5.41, 5.74) is 1.58. The van der Waals surface area contributed by atoms with Crippen LogP contribution in [0.3, 0.4) is 0 Å². The van der Waals surface area contributed by atoms with Gasteiger partial charge in [-0.05, 0) is 13.8 Å². The Kier molecular flexibility index (Phi) is 3.95. The topological polar surface area (TPSA) is 114 Å². The van der Waals surface area contributed by atoms with Crippen LogP contribution in [-0.4, -0.2) is 40.4 Å². The van der Waals surface area contributed by atoms with Gasteiger partial charge < -0.3 is 19.9 Å². The van der Waals surface area contributed by atoms with E-state index in [2.05, 4.69) is 15.5 Å². The van der Waals surface area contributed by atoms with Crippen LogP contribution in [0.4, 0.5) is 0 Å². The van der Waals surface area contributed by atoms with Crippen LogP contribution in [-0.2, 0) is 4.79 Å². The predicted octanol–water partition coefficient (Wildman–Crippen LogP) is 1.41. The molecule has 0 unspecified atom stereocenters. The Balaban J connectivity index is 1.88. The van der Waals surface area contributed by atoms with Crippen LogP contribution < -0.4 is 14.8 Å². The summed E-state index contributed by atoms with van der Waals surface area (Å²) >= 11 is 1.15. The standard InChI is InChI=1S/C14H15N3O5S/c1-6-9(7(2)17-16-6)10(14(19)20)15-13(18)12-11-8(5-23-12)21-3-4-22-11/h5,10H,3-4H2,1-2H3,(H,15,18)(H,16,17)(H,19,20)/t10-/m1/s1. The maximum Gasteiger partial charge on any atom is 0.331 e. The highest BCUT2D eigenvalue weighted by Crippen LogP contribution is 2.39. The fraction of sp³-hybridized carbons (Fsp3) is 0.357. The van der Waals surface area contributed by atoms with Gasteiger partial charge in [-0.1, -0.05) is 0 Å². The average Bonchev–Trinajstić information content (AvgIpc) is 3.09. The minimum Gasteiger partial charge on any atom is -0.485 e. The molecule has 1 aliphatic heterocycles. The highest BCUT2D eigenvalue weighted by atomic mass is 32.1. The highest BCUT2D eigenvalue weighted by Gasteiger charge is 2.30. The zero-order valence-corrected chi connectivity index (χ0v) is 13.3. The summed E-state index contributed by atoms with van der Waals surface area (Å²) in [5.74, 6) is -0.805. The van der Waals surface area contributed by atoms with E-state index >= 15 is 0 Å². The summed E-state index contributed by atoms with van der Waals surface area (Å²) in [6.07, 6.45) is 0. The molecule has 0 fully saturated rings. The van der Waals surface area contributed by atoms with E-state index in [1.54, 1.807) is 19.2 Å². The fourth-order valence-electron chi connectivity index (χ4n) is 2.46. The number of H-pyrrole nitrogens is 1. The number of hydrogen-bond donors (Lipinski definition) is 3. The van der Waals surface area contributed by atoms with Crippen LogP contribution in [0.5, 0.6) is 11.5 Å². The highest BCUT2D eigenvalue weighted by molar-refractivity contribution is 7.12. The van der Waals surface area contributed by atoms with E-state index in [-0.39, 0.29) is 0 Å².